The van der Waals surface area contributed by atoms with Gasteiger partial charge in [-0.2, -0.15) is 5.10 Å². The van der Waals surface area contributed by atoms with Gasteiger partial charge in [0.15, 0.2) is 5.16 Å². The molecule has 0 aliphatic heterocycles. The fourth-order valence-corrected chi connectivity index (χ4v) is 3.67. The lowest BCUT2D eigenvalue weighted by atomic mass is 10.1. The van der Waals surface area contributed by atoms with Gasteiger partial charge in [0, 0.05) is 18.4 Å². The number of fused-ring (bicyclic) bond motifs is 1. The summed E-state index contributed by atoms with van der Waals surface area (Å²) >= 11 is 1.60. The van der Waals surface area contributed by atoms with Crippen molar-refractivity contribution in [2.24, 2.45) is 12.1 Å². The van der Waals surface area contributed by atoms with E-state index >= 15 is 0 Å². The van der Waals surface area contributed by atoms with Crippen LogP contribution in [0.5, 0.6) is 0 Å². The van der Waals surface area contributed by atoms with Crippen molar-refractivity contribution >= 4 is 34.7 Å². The number of nitrogens with one attached hydrogen (secondary N) is 1. The smallest absolute Gasteiger partial charge is 0.271 e. The zero-order chi connectivity index (χ0) is 20.1. The predicted molar refractivity (Wildman–Crippen MR) is 116 cm³/mol. The Morgan fingerprint density at radius 3 is 2.66 bits per heavy atom. The van der Waals surface area contributed by atoms with Crippen LogP contribution in [0.15, 0.2) is 83.3 Å². The minimum absolute atomic E-state index is 0.241. The number of nitrogens with zero attached hydrogens (tertiary/aromatic N) is 4. The highest BCUT2D eigenvalue weighted by atomic mass is 32.2. The number of hydrogen-bond donors (Lipinski definition) is 1. The Morgan fingerprint density at radius 1 is 1.10 bits per heavy atom. The van der Waals surface area contributed by atoms with Crippen LogP contribution in [-0.4, -0.2) is 26.9 Å². The summed E-state index contributed by atoms with van der Waals surface area (Å²) in [6, 6.07) is 21.6. The number of thioether (sulfide) groups is 1. The number of amides is 1. The lowest BCUT2D eigenvalue weighted by Gasteiger charge is -2.04. The predicted octanol–water partition coefficient (Wildman–Crippen LogP) is 4.02. The zero-order valence-corrected chi connectivity index (χ0v) is 16.6. The Labute approximate surface area is 172 Å². The molecule has 0 aliphatic carbocycles. The minimum Gasteiger partial charge on any atom is -0.312 e. The van der Waals surface area contributed by atoms with Crippen LogP contribution >= 0.6 is 11.8 Å². The van der Waals surface area contributed by atoms with E-state index in [9.17, 15) is 4.79 Å². The number of benzene rings is 3. The summed E-state index contributed by atoms with van der Waals surface area (Å²) in [6.45, 7) is 0. The number of rotatable bonds is 6. The molecule has 0 unspecified atom stereocenters. The zero-order valence-electron chi connectivity index (χ0n) is 15.8. The number of carbonyl (C=O) groups excluding carboxylic acids is 1. The summed E-state index contributed by atoms with van der Waals surface area (Å²) in [5, 5.41) is 15.2. The Balaban J connectivity index is 1.34. The maximum Gasteiger partial charge on any atom is 0.271 e. The van der Waals surface area contributed by atoms with E-state index in [1.54, 1.807) is 36.4 Å². The van der Waals surface area contributed by atoms with E-state index < -0.39 is 0 Å². The third-order valence-corrected chi connectivity index (χ3v) is 5.51. The van der Waals surface area contributed by atoms with Crippen LogP contribution in [0.25, 0.3) is 10.8 Å². The third kappa shape index (κ3) is 4.70. The van der Waals surface area contributed by atoms with Gasteiger partial charge in [-0.3, -0.25) is 4.79 Å². The van der Waals surface area contributed by atoms with Crippen LogP contribution in [0.4, 0.5) is 0 Å². The maximum absolute atomic E-state index is 12.3. The van der Waals surface area contributed by atoms with Crippen LogP contribution in [-0.2, 0) is 12.8 Å². The monoisotopic (exact) mass is 401 g/mol. The van der Waals surface area contributed by atoms with Crippen LogP contribution in [0.3, 0.4) is 0 Å². The first-order valence-corrected chi connectivity index (χ1v) is 10.1. The molecule has 1 N–H and O–H groups in total. The molecule has 3 aromatic carbocycles. The summed E-state index contributed by atoms with van der Waals surface area (Å²) in [7, 11) is 1.91. The lowest BCUT2D eigenvalue weighted by molar-refractivity contribution is 0.0955. The molecule has 6 nitrogen and oxygen atoms in total. The number of aryl methyl sites for hydroxylation is 1. The Hall–Kier alpha value is -3.45. The number of carbonyl (C=O) groups is 1. The fraction of sp³-hybridized carbons (Fsp3) is 0.0909. The first kappa shape index (κ1) is 18.9. The second-order valence-corrected chi connectivity index (χ2v) is 7.46. The molecule has 7 heteroatoms. The SMILES string of the molecule is Cn1cnnc1SCc1ccc(C(=O)N/N=C\c2ccc3ccccc3c2)cc1. The van der Waals surface area contributed by atoms with Gasteiger partial charge in [0.25, 0.3) is 5.91 Å². The molecule has 1 heterocycles. The standard InChI is InChI=1S/C22H19N5OS/c1-27-15-24-26-22(27)29-14-16-6-10-19(11-7-16)21(28)25-23-13-17-8-9-18-4-2-3-5-20(18)12-17/h2-13,15H,14H2,1H3,(H,25,28)/b23-13-. The number of hydrogen-bond acceptors (Lipinski definition) is 5. The first-order valence-electron chi connectivity index (χ1n) is 9.07. The Morgan fingerprint density at radius 2 is 1.90 bits per heavy atom. The molecular formula is C22H19N5OS. The summed E-state index contributed by atoms with van der Waals surface area (Å²) in [5.41, 5.74) is 5.18. The summed E-state index contributed by atoms with van der Waals surface area (Å²) in [6.07, 6.45) is 3.32. The molecule has 4 aromatic rings. The maximum atomic E-state index is 12.3. The Kier molecular flexibility index (Phi) is 5.67. The van der Waals surface area contributed by atoms with Crippen molar-refractivity contribution in [1.29, 1.82) is 0 Å². The molecule has 144 valence electrons. The third-order valence-electron chi connectivity index (χ3n) is 4.41. The average Bonchev–Trinajstić information content (AvgIpc) is 3.17. The van der Waals surface area contributed by atoms with Crippen molar-refractivity contribution in [3.63, 3.8) is 0 Å². The molecule has 0 bridgehead atoms. The summed E-state index contributed by atoms with van der Waals surface area (Å²) in [4.78, 5) is 12.3. The number of aromatic nitrogens is 3. The molecule has 1 aromatic heterocycles. The van der Waals surface area contributed by atoms with E-state index in [-0.39, 0.29) is 5.91 Å². The van der Waals surface area contributed by atoms with E-state index in [4.69, 9.17) is 0 Å². The molecule has 0 spiro atoms. The molecule has 1 amide bonds. The second kappa shape index (κ2) is 8.70. The number of hydrazone groups is 1. The molecule has 29 heavy (non-hydrogen) atoms. The first-order chi connectivity index (χ1) is 14.2. The van der Waals surface area contributed by atoms with Gasteiger partial charge in [-0.25, -0.2) is 5.43 Å². The highest BCUT2D eigenvalue weighted by molar-refractivity contribution is 7.98. The van der Waals surface area contributed by atoms with Crippen molar-refractivity contribution in [3.05, 3.63) is 89.7 Å². The van der Waals surface area contributed by atoms with E-state index in [0.717, 1.165) is 27.4 Å². The highest BCUT2D eigenvalue weighted by Crippen LogP contribution is 2.20. The average molecular weight is 401 g/mol. The van der Waals surface area contributed by atoms with Crippen LogP contribution in [0.2, 0.25) is 0 Å². The molecule has 0 atom stereocenters. The van der Waals surface area contributed by atoms with Gasteiger partial charge in [0.05, 0.1) is 6.21 Å². The normalized spacial score (nSPS) is 11.2. The van der Waals surface area contributed by atoms with E-state index in [0.29, 0.717) is 5.56 Å². The van der Waals surface area contributed by atoms with E-state index in [1.807, 2.05) is 54.1 Å². The van der Waals surface area contributed by atoms with Gasteiger partial charge in [0.2, 0.25) is 0 Å². The molecule has 4 rings (SSSR count). The molecule has 0 aliphatic rings. The molecular weight excluding hydrogens is 382 g/mol. The van der Waals surface area contributed by atoms with Crippen molar-refractivity contribution in [3.8, 4) is 0 Å². The highest BCUT2D eigenvalue weighted by Gasteiger charge is 2.06. The van der Waals surface area contributed by atoms with Gasteiger partial charge < -0.3 is 4.57 Å². The van der Waals surface area contributed by atoms with Gasteiger partial charge in [-0.05, 0) is 40.1 Å². The van der Waals surface area contributed by atoms with Crippen LogP contribution in [0.1, 0.15) is 21.5 Å². The largest absolute Gasteiger partial charge is 0.312 e. The summed E-state index contributed by atoms with van der Waals surface area (Å²) < 4.78 is 1.88. The molecule has 0 saturated carbocycles. The molecule has 0 fully saturated rings. The Bertz CT molecular complexity index is 1170. The topological polar surface area (TPSA) is 72.2 Å². The van der Waals surface area contributed by atoms with Crippen LogP contribution in [0, 0.1) is 0 Å². The lowest BCUT2D eigenvalue weighted by Crippen LogP contribution is -2.17. The van der Waals surface area contributed by atoms with Gasteiger partial charge >= 0.3 is 0 Å². The van der Waals surface area contributed by atoms with Crippen molar-refractivity contribution < 1.29 is 4.79 Å². The van der Waals surface area contributed by atoms with E-state index in [2.05, 4.69) is 32.9 Å². The quantitative estimate of drug-likeness (QED) is 0.301. The summed E-state index contributed by atoms with van der Waals surface area (Å²) in [5.74, 6) is 0.517. The molecule has 0 radical (unpaired) electrons. The van der Waals surface area contributed by atoms with Gasteiger partial charge in [-0.1, -0.05) is 60.3 Å². The van der Waals surface area contributed by atoms with Crippen molar-refractivity contribution in [2.45, 2.75) is 10.9 Å². The van der Waals surface area contributed by atoms with Crippen LogP contribution < -0.4 is 5.43 Å². The second-order valence-electron chi connectivity index (χ2n) is 6.52. The molecule has 0 saturated heterocycles. The fourth-order valence-electron chi connectivity index (χ4n) is 2.82. The van der Waals surface area contributed by atoms with Gasteiger partial charge in [0.1, 0.15) is 6.33 Å². The van der Waals surface area contributed by atoms with E-state index in [1.165, 1.54) is 5.39 Å². The van der Waals surface area contributed by atoms with Crippen molar-refractivity contribution in [2.75, 3.05) is 0 Å². The van der Waals surface area contributed by atoms with Crippen molar-refractivity contribution in [1.82, 2.24) is 20.2 Å². The minimum atomic E-state index is -0.241. The van der Waals surface area contributed by atoms with Gasteiger partial charge in [-0.15, -0.1) is 10.2 Å².